The van der Waals surface area contributed by atoms with Crippen molar-refractivity contribution in [3.63, 3.8) is 0 Å². The zero-order chi connectivity index (χ0) is 19.2. The Morgan fingerprint density at radius 3 is 2.96 bits per heavy atom. The van der Waals surface area contributed by atoms with Gasteiger partial charge < -0.3 is 0 Å². The van der Waals surface area contributed by atoms with Gasteiger partial charge in [0.2, 0.25) is 0 Å². The van der Waals surface area contributed by atoms with Crippen LogP contribution in [0, 0.1) is 12.7 Å². The molecule has 140 valence electrons. The largest absolute Gasteiger partial charge is 0.289 e. The third-order valence-corrected chi connectivity index (χ3v) is 6.08. The Hall–Kier alpha value is -2.73. The standard InChI is InChI=1S/C21H22FN3O2/c1-13-17(4-3-5-18(13)22)21(20(26)24-27)9-8-15(11-21)14-6-7-19-16(10-14)12-23-25(19)2/h3-7,10,12,15,27H,8-9,11H2,1-2H3,(H,24,26)/t15?,21-/m0/s1. The van der Waals surface area contributed by atoms with Gasteiger partial charge in [-0.1, -0.05) is 18.2 Å². The van der Waals surface area contributed by atoms with Gasteiger partial charge >= 0.3 is 0 Å². The van der Waals surface area contributed by atoms with E-state index in [-0.39, 0.29) is 11.7 Å². The van der Waals surface area contributed by atoms with Crippen molar-refractivity contribution in [2.24, 2.45) is 7.05 Å². The molecule has 0 aliphatic heterocycles. The Bertz CT molecular complexity index is 1030. The van der Waals surface area contributed by atoms with Crippen molar-refractivity contribution in [3.05, 3.63) is 65.1 Å². The van der Waals surface area contributed by atoms with Crippen LogP contribution in [0.25, 0.3) is 10.9 Å². The number of aromatic nitrogens is 2. The fourth-order valence-corrected chi connectivity index (χ4v) is 4.57. The number of nitrogens with zero attached hydrogens (tertiary/aromatic N) is 2. The summed E-state index contributed by atoms with van der Waals surface area (Å²) in [5.41, 5.74) is 4.19. The molecular formula is C21H22FN3O2. The lowest BCUT2D eigenvalue weighted by molar-refractivity contribution is -0.135. The van der Waals surface area contributed by atoms with Crippen LogP contribution in [0.3, 0.4) is 0 Å². The molecule has 6 heteroatoms. The third kappa shape index (κ3) is 2.72. The van der Waals surface area contributed by atoms with Gasteiger partial charge in [-0.05, 0) is 67.0 Å². The van der Waals surface area contributed by atoms with Gasteiger partial charge in [-0.3, -0.25) is 14.7 Å². The summed E-state index contributed by atoms with van der Waals surface area (Å²) < 4.78 is 16.0. The van der Waals surface area contributed by atoms with Crippen molar-refractivity contribution < 1.29 is 14.4 Å². The van der Waals surface area contributed by atoms with Crippen molar-refractivity contribution >= 4 is 16.8 Å². The van der Waals surface area contributed by atoms with Gasteiger partial charge in [0.15, 0.2) is 0 Å². The van der Waals surface area contributed by atoms with Crippen LogP contribution in [-0.2, 0) is 17.3 Å². The summed E-state index contributed by atoms with van der Waals surface area (Å²) in [5, 5.41) is 14.7. The smallest absolute Gasteiger partial charge is 0.254 e. The predicted octanol–water partition coefficient (Wildman–Crippen LogP) is 3.73. The highest BCUT2D eigenvalue weighted by molar-refractivity contribution is 5.88. The molecule has 1 aliphatic carbocycles. The van der Waals surface area contributed by atoms with E-state index in [0.717, 1.165) is 22.9 Å². The Kier molecular flexibility index (Phi) is 4.23. The quantitative estimate of drug-likeness (QED) is 0.547. The van der Waals surface area contributed by atoms with Crippen molar-refractivity contribution in [1.29, 1.82) is 0 Å². The highest BCUT2D eigenvalue weighted by Gasteiger charge is 2.48. The number of aryl methyl sites for hydroxylation is 1. The molecule has 1 amide bonds. The summed E-state index contributed by atoms with van der Waals surface area (Å²) in [6, 6.07) is 11.0. The fourth-order valence-electron chi connectivity index (χ4n) is 4.57. The Balaban J connectivity index is 1.75. The van der Waals surface area contributed by atoms with E-state index < -0.39 is 11.3 Å². The number of hydrogen-bond acceptors (Lipinski definition) is 3. The first-order chi connectivity index (χ1) is 13.0. The topological polar surface area (TPSA) is 67.2 Å². The number of benzene rings is 2. The minimum Gasteiger partial charge on any atom is -0.289 e. The zero-order valence-electron chi connectivity index (χ0n) is 15.4. The molecule has 2 aromatic carbocycles. The molecule has 0 saturated heterocycles. The number of halogens is 1. The van der Waals surface area contributed by atoms with Gasteiger partial charge in [0.25, 0.3) is 5.91 Å². The second-order valence-corrected chi connectivity index (χ2v) is 7.46. The maximum absolute atomic E-state index is 14.2. The lowest BCUT2D eigenvalue weighted by Crippen LogP contribution is -2.42. The van der Waals surface area contributed by atoms with Crippen LogP contribution in [0.1, 0.15) is 41.9 Å². The van der Waals surface area contributed by atoms with Crippen LogP contribution >= 0.6 is 0 Å². The molecule has 2 atom stereocenters. The highest BCUT2D eigenvalue weighted by atomic mass is 19.1. The molecule has 27 heavy (non-hydrogen) atoms. The average Bonchev–Trinajstić information content (AvgIpc) is 3.28. The molecular weight excluding hydrogens is 345 g/mol. The van der Waals surface area contributed by atoms with Crippen LogP contribution in [-0.4, -0.2) is 20.9 Å². The molecule has 0 radical (unpaired) electrons. The Labute approximate surface area is 156 Å². The number of carbonyl (C=O) groups excluding carboxylic acids is 1. The maximum atomic E-state index is 14.2. The number of rotatable bonds is 3. The van der Waals surface area contributed by atoms with E-state index in [9.17, 15) is 14.4 Å². The first kappa shape index (κ1) is 17.7. The highest BCUT2D eigenvalue weighted by Crippen LogP contribution is 2.49. The zero-order valence-corrected chi connectivity index (χ0v) is 15.4. The number of amides is 1. The van der Waals surface area contributed by atoms with Gasteiger partial charge in [-0.15, -0.1) is 0 Å². The van der Waals surface area contributed by atoms with E-state index in [4.69, 9.17) is 0 Å². The summed E-state index contributed by atoms with van der Waals surface area (Å²) in [7, 11) is 1.90. The van der Waals surface area contributed by atoms with Gasteiger partial charge in [-0.25, -0.2) is 9.87 Å². The first-order valence-electron chi connectivity index (χ1n) is 9.08. The van der Waals surface area contributed by atoms with Crippen LogP contribution in [0.5, 0.6) is 0 Å². The third-order valence-electron chi connectivity index (χ3n) is 6.08. The molecule has 2 N–H and O–H groups in total. The maximum Gasteiger partial charge on any atom is 0.254 e. The lowest BCUT2D eigenvalue weighted by atomic mass is 9.75. The summed E-state index contributed by atoms with van der Waals surface area (Å²) in [6.45, 7) is 1.69. The predicted molar refractivity (Wildman–Crippen MR) is 100 cm³/mol. The Morgan fingerprint density at radius 1 is 1.37 bits per heavy atom. The molecule has 5 nitrogen and oxygen atoms in total. The minimum absolute atomic E-state index is 0.148. The number of fused-ring (bicyclic) bond motifs is 1. The van der Waals surface area contributed by atoms with Gasteiger partial charge in [0.05, 0.1) is 17.1 Å². The van der Waals surface area contributed by atoms with Crippen molar-refractivity contribution in [2.45, 2.75) is 37.5 Å². The molecule has 1 aromatic heterocycles. The van der Waals surface area contributed by atoms with Crippen LogP contribution in [0.2, 0.25) is 0 Å². The van der Waals surface area contributed by atoms with Crippen molar-refractivity contribution in [2.75, 3.05) is 0 Å². The molecule has 1 unspecified atom stereocenters. The van der Waals surface area contributed by atoms with E-state index in [1.807, 2.05) is 29.5 Å². The SMILES string of the molecule is Cc1c(F)cccc1[C@]1(C(=O)NO)CCC(c2ccc3c(cnn3C)c2)C1. The fraction of sp³-hybridized carbons (Fsp3) is 0.333. The number of nitrogens with one attached hydrogen (secondary N) is 1. The molecule has 0 bridgehead atoms. The number of hydrogen-bond donors (Lipinski definition) is 2. The second kappa shape index (κ2) is 6.46. The summed E-state index contributed by atoms with van der Waals surface area (Å²) in [4.78, 5) is 12.7. The molecule has 1 saturated carbocycles. The normalized spacial score (nSPS) is 22.3. The minimum atomic E-state index is -0.935. The van der Waals surface area contributed by atoms with E-state index in [2.05, 4.69) is 17.2 Å². The summed E-state index contributed by atoms with van der Waals surface area (Å²) in [6.07, 6.45) is 3.70. The molecule has 1 fully saturated rings. The van der Waals surface area contributed by atoms with E-state index in [1.165, 1.54) is 6.07 Å². The van der Waals surface area contributed by atoms with Crippen molar-refractivity contribution in [3.8, 4) is 0 Å². The Morgan fingerprint density at radius 2 is 2.19 bits per heavy atom. The van der Waals surface area contributed by atoms with E-state index in [0.29, 0.717) is 24.0 Å². The van der Waals surface area contributed by atoms with Gasteiger partial charge in [-0.2, -0.15) is 5.10 Å². The lowest BCUT2D eigenvalue weighted by Gasteiger charge is -2.29. The van der Waals surface area contributed by atoms with Crippen LogP contribution in [0.15, 0.2) is 42.6 Å². The van der Waals surface area contributed by atoms with Crippen LogP contribution in [0.4, 0.5) is 4.39 Å². The van der Waals surface area contributed by atoms with E-state index in [1.54, 1.807) is 19.1 Å². The van der Waals surface area contributed by atoms with Crippen LogP contribution < -0.4 is 5.48 Å². The molecule has 4 rings (SSSR count). The number of carbonyl (C=O) groups is 1. The van der Waals surface area contributed by atoms with Gasteiger partial charge in [0.1, 0.15) is 5.82 Å². The average molecular weight is 367 g/mol. The van der Waals surface area contributed by atoms with Gasteiger partial charge in [0, 0.05) is 12.4 Å². The summed E-state index contributed by atoms with van der Waals surface area (Å²) >= 11 is 0. The second-order valence-electron chi connectivity index (χ2n) is 7.46. The molecule has 1 heterocycles. The first-order valence-corrected chi connectivity index (χ1v) is 9.08. The number of hydroxylamine groups is 1. The summed E-state index contributed by atoms with van der Waals surface area (Å²) in [5.74, 6) is -0.659. The molecule has 0 spiro atoms. The van der Waals surface area contributed by atoms with Crippen molar-refractivity contribution in [1.82, 2.24) is 15.3 Å². The molecule has 1 aliphatic rings. The molecule has 3 aromatic rings. The van der Waals surface area contributed by atoms with E-state index >= 15 is 0 Å². The monoisotopic (exact) mass is 367 g/mol.